The Balaban J connectivity index is 0.870. The van der Waals surface area contributed by atoms with E-state index in [-0.39, 0.29) is 51.2 Å². The number of imidazole rings is 3. The normalized spacial score (nSPS) is 30.0. The standard InChI is InChI=1S/C34H47N15O24P4/c1-46-11-49(27-17(46)29(53)45-34(37)43-27)32-22(63-3)20(62-2)13(69-32)6-66-75(56,57)72-77(60,61)73-76(58,59)67-7-14-21(23(64-4)31(70-14)47-9-40-15-24(35)38-8-39-25(15)47)71-74(54,55)65-5-12-18(50)19(51)30(68-12)48-10-41-16-26(48)42-33(36)44-28(16)52/h8-14,18-23,30-32,50-51H,5-7H2,1-4H3,(H11-,35,36,37,38,39,42,43,44,45,52,53,54,55,56,57,58,59,60,61)/p-3/t12-,13-,14-,18?,19+,20+,21?,22?,23+,30-,31-,32-/m1/s1. The summed E-state index contributed by atoms with van der Waals surface area (Å²) < 4.78 is 119. The third-order valence-electron chi connectivity index (χ3n) is 12.0. The molecule has 0 aromatic carbocycles. The van der Waals surface area contributed by atoms with Crippen LogP contribution in [0, 0.1) is 0 Å². The molecule has 9 rings (SSSR count). The number of phosphoric ester groups is 3. The minimum absolute atomic E-state index is 0.0217. The van der Waals surface area contributed by atoms with E-state index in [0.29, 0.717) is 0 Å². The molecule has 0 radical (unpaired) electrons. The van der Waals surface area contributed by atoms with Crippen molar-refractivity contribution >= 4 is 82.5 Å². The number of H-pyrrole nitrogens is 2. The number of aromatic nitrogens is 12. The summed E-state index contributed by atoms with van der Waals surface area (Å²) in [5, 5.41) is 21.7. The van der Waals surface area contributed by atoms with Gasteiger partial charge in [0, 0.05) is 21.3 Å². The Bertz CT molecular complexity index is 3510. The number of rotatable bonds is 21. The van der Waals surface area contributed by atoms with Crippen LogP contribution in [0.5, 0.6) is 0 Å². The number of aliphatic hydroxyl groups is 2. The summed E-state index contributed by atoms with van der Waals surface area (Å²) in [7, 11) is -19.6. The Labute approximate surface area is 428 Å². The van der Waals surface area contributed by atoms with Gasteiger partial charge in [0.15, 0.2) is 41.4 Å². The second-order valence-corrected chi connectivity index (χ2v) is 22.7. The minimum Gasteiger partial charge on any atom is -0.756 e. The maximum atomic E-state index is 13.6. The highest BCUT2D eigenvalue weighted by Crippen LogP contribution is 2.63. The van der Waals surface area contributed by atoms with Gasteiger partial charge in [0.1, 0.15) is 66.8 Å². The van der Waals surface area contributed by atoms with Crippen molar-refractivity contribution in [2.24, 2.45) is 7.05 Å². The van der Waals surface area contributed by atoms with Crippen molar-refractivity contribution < 1.29 is 108 Å². The Morgan fingerprint density at radius 2 is 1.22 bits per heavy atom. The van der Waals surface area contributed by atoms with Gasteiger partial charge in [-0.2, -0.15) is 4.98 Å². The number of nitrogens with one attached hydrogen (secondary N) is 2. The van der Waals surface area contributed by atoms with E-state index < -0.39 is 136 Å². The Morgan fingerprint density at radius 3 is 1.87 bits per heavy atom. The zero-order valence-corrected chi connectivity index (χ0v) is 43.3. The molecule has 0 bridgehead atoms. The first-order valence-corrected chi connectivity index (χ1v) is 27.7. The van der Waals surface area contributed by atoms with Crippen LogP contribution in [0.4, 0.5) is 17.7 Å². The SMILES string of the molecule is COC1[C@@H](OC)[C@@H](COP(=O)([O-])OP(=O)([O-])OP(=O)([O-])OC[C@H]2O[C@@H](n3cnc4c(N)ncnc43)[C@@H](OC)C2OP(=O)([O-])OC[C@H]2O[C@@H](n3cnc4c(=O)[nH]c(N)nc43)[C@@H](O)C2O)O[C@H]1[n+]1cn(C)c2c(=O)[nH]c(N)nc21. The number of methoxy groups -OCH3 is 3. The molecule has 422 valence electrons. The van der Waals surface area contributed by atoms with Crippen LogP contribution < -0.4 is 52.5 Å². The van der Waals surface area contributed by atoms with Crippen molar-refractivity contribution in [3.05, 3.63) is 46.0 Å². The summed E-state index contributed by atoms with van der Waals surface area (Å²) in [6.45, 7) is -3.47. The molecule has 9 heterocycles. The molecular weight excluding hydrogens is 1130 g/mol. The Kier molecular flexibility index (Phi) is 15.8. The molecule has 3 aliphatic heterocycles. The second-order valence-electron chi connectivity index (χ2n) is 16.8. The molecular formula is C34H44N15O24P4-3. The molecule has 16 atom stereocenters. The van der Waals surface area contributed by atoms with Crippen LogP contribution in [0.2, 0.25) is 0 Å². The zero-order valence-electron chi connectivity index (χ0n) is 39.7. The smallest absolute Gasteiger partial charge is 0.313 e. The number of phosphoric acid groups is 4. The molecule has 43 heteroatoms. The van der Waals surface area contributed by atoms with Gasteiger partial charge >= 0.3 is 5.65 Å². The Morgan fingerprint density at radius 1 is 0.662 bits per heavy atom. The van der Waals surface area contributed by atoms with Gasteiger partial charge < -0.3 is 93.5 Å². The maximum absolute atomic E-state index is 13.6. The topological polar surface area (TPSA) is 552 Å². The van der Waals surface area contributed by atoms with E-state index in [9.17, 15) is 57.6 Å². The summed E-state index contributed by atoms with van der Waals surface area (Å²) in [5.74, 6) is -0.683. The number of aromatic amines is 2. The van der Waals surface area contributed by atoms with Crippen LogP contribution in [-0.4, -0.2) is 160 Å². The molecule has 0 aliphatic carbocycles. The van der Waals surface area contributed by atoms with E-state index in [2.05, 4.69) is 48.5 Å². The Hall–Kier alpha value is -5.15. The van der Waals surface area contributed by atoms with Gasteiger partial charge in [-0.25, -0.2) is 33.1 Å². The predicted molar refractivity (Wildman–Crippen MR) is 240 cm³/mol. The van der Waals surface area contributed by atoms with Crippen molar-refractivity contribution in [3.8, 4) is 0 Å². The maximum Gasteiger partial charge on any atom is 0.313 e. The van der Waals surface area contributed by atoms with E-state index in [1.807, 2.05) is 0 Å². The first kappa shape index (κ1) is 56.6. The number of anilines is 3. The number of fused-ring (bicyclic) bond motifs is 3. The average molecular weight is 1170 g/mol. The van der Waals surface area contributed by atoms with E-state index in [4.69, 9.17) is 63.7 Å². The highest BCUT2D eigenvalue weighted by atomic mass is 31.3. The van der Waals surface area contributed by atoms with Crippen molar-refractivity contribution in [3.63, 3.8) is 0 Å². The van der Waals surface area contributed by atoms with Gasteiger partial charge in [0.2, 0.25) is 17.7 Å². The van der Waals surface area contributed by atoms with Gasteiger partial charge in [-0.3, -0.25) is 51.5 Å². The quantitative estimate of drug-likeness (QED) is 0.0261. The highest BCUT2D eigenvalue weighted by molar-refractivity contribution is 7.65. The molecule has 77 heavy (non-hydrogen) atoms. The van der Waals surface area contributed by atoms with Crippen LogP contribution in [0.25, 0.3) is 33.5 Å². The zero-order chi connectivity index (χ0) is 55.7. The van der Waals surface area contributed by atoms with E-state index in [0.717, 1.165) is 35.2 Å². The van der Waals surface area contributed by atoms with Crippen molar-refractivity contribution in [2.45, 2.75) is 73.6 Å². The van der Waals surface area contributed by atoms with Crippen LogP contribution in [0.15, 0.2) is 34.9 Å². The molecule has 3 aliphatic rings. The average Bonchev–Trinajstić information content (AvgIpc) is 4.20. The molecule has 10 N–H and O–H groups in total. The number of hydrogen-bond acceptors (Lipinski definition) is 33. The molecule has 0 spiro atoms. The van der Waals surface area contributed by atoms with E-state index in [1.54, 1.807) is 0 Å². The lowest BCUT2D eigenvalue weighted by molar-refractivity contribution is -0.746. The number of ether oxygens (including phenoxy) is 6. The van der Waals surface area contributed by atoms with Gasteiger partial charge in [0.05, 0.1) is 39.5 Å². The fourth-order valence-electron chi connectivity index (χ4n) is 8.76. The fraction of sp³-hybridized carbons (Fsp3) is 0.559. The van der Waals surface area contributed by atoms with Crippen LogP contribution in [0.1, 0.15) is 18.7 Å². The molecule has 3 fully saturated rings. The van der Waals surface area contributed by atoms with Crippen molar-refractivity contribution in [2.75, 3.05) is 58.4 Å². The lowest BCUT2D eigenvalue weighted by atomic mass is 10.1. The van der Waals surface area contributed by atoms with Crippen LogP contribution in [-0.2, 0) is 80.4 Å². The number of hydrogen-bond donors (Lipinski definition) is 7. The lowest BCUT2D eigenvalue weighted by Gasteiger charge is -2.35. The second kappa shape index (κ2) is 21.5. The van der Waals surface area contributed by atoms with Crippen molar-refractivity contribution in [1.29, 1.82) is 0 Å². The van der Waals surface area contributed by atoms with Gasteiger partial charge in [-0.1, -0.05) is 4.98 Å². The molecule has 3 saturated heterocycles. The van der Waals surface area contributed by atoms with E-state index >= 15 is 0 Å². The molecule has 6 aromatic rings. The van der Waals surface area contributed by atoms with Gasteiger partial charge in [-0.15, -0.1) is 0 Å². The third kappa shape index (κ3) is 11.4. The number of nitrogen functional groups attached to an aromatic ring is 3. The first-order valence-electron chi connectivity index (χ1n) is 21.9. The molecule has 6 aromatic heterocycles. The number of nitrogens with zero attached hydrogens (tertiary/aromatic N) is 10. The third-order valence-corrected chi connectivity index (χ3v) is 17.1. The van der Waals surface area contributed by atoms with Gasteiger partial charge in [-0.05, 0) is 0 Å². The summed E-state index contributed by atoms with van der Waals surface area (Å²) in [6, 6.07) is 0. The predicted octanol–water partition coefficient (Wildman–Crippen LogP) is -5.93. The summed E-state index contributed by atoms with van der Waals surface area (Å²) >= 11 is 0. The van der Waals surface area contributed by atoms with Crippen LogP contribution in [0.3, 0.4) is 0 Å². The minimum atomic E-state index is -6.55. The summed E-state index contributed by atoms with van der Waals surface area (Å²) in [6.07, 6.45) is -14.1. The van der Waals surface area contributed by atoms with E-state index in [1.165, 1.54) is 36.7 Å². The number of aryl methyl sites for hydroxylation is 1. The monoisotopic (exact) mass is 1170 g/mol. The van der Waals surface area contributed by atoms with Crippen LogP contribution >= 0.6 is 31.3 Å². The van der Waals surface area contributed by atoms with Crippen molar-refractivity contribution in [1.82, 2.24) is 53.6 Å². The lowest BCUT2D eigenvalue weighted by Crippen LogP contribution is -2.47. The van der Waals surface area contributed by atoms with Gasteiger partial charge in [0.25, 0.3) is 48.4 Å². The summed E-state index contributed by atoms with van der Waals surface area (Å²) in [5.41, 5.74) is 15.7. The highest BCUT2D eigenvalue weighted by Gasteiger charge is 2.52. The number of nitrogens with two attached hydrogens (primary N) is 3. The number of aliphatic hydroxyl groups excluding tert-OH is 2. The fourth-order valence-corrected chi connectivity index (χ4v) is 13.1. The molecule has 0 amide bonds. The molecule has 39 nitrogen and oxygen atoms in total. The molecule has 0 saturated carbocycles. The molecule has 7 unspecified atom stereocenters. The first-order chi connectivity index (χ1) is 36.2. The largest absolute Gasteiger partial charge is 0.756 e. The summed E-state index contributed by atoms with van der Waals surface area (Å²) in [4.78, 5) is 106.